The minimum atomic E-state index is 0.618. The molecule has 3 rings (SSSR count). The van der Waals surface area contributed by atoms with E-state index in [1.165, 1.54) is 5.56 Å². The van der Waals surface area contributed by atoms with E-state index in [1.54, 1.807) is 14.2 Å². The molecule has 144 valence electrons. The summed E-state index contributed by atoms with van der Waals surface area (Å²) in [7, 11) is 3.31. The van der Waals surface area contributed by atoms with Gasteiger partial charge in [-0.15, -0.1) is 0 Å². The molecule has 2 aromatic heterocycles. The van der Waals surface area contributed by atoms with E-state index in [0.29, 0.717) is 6.54 Å². The Morgan fingerprint density at radius 2 is 1.78 bits per heavy atom. The van der Waals surface area contributed by atoms with Crippen molar-refractivity contribution in [3.8, 4) is 11.5 Å². The van der Waals surface area contributed by atoms with Crippen LogP contribution in [0.2, 0.25) is 0 Å². The number of pyridine rings is 2. The Balaban J connectivity index is 0.00000126. The number of aryl methyl sites for hydroxylation is 2. The van der Waals surface area contributed by atoms with Gasteiger partial charge in [0.2, 0.25) is 0 Å². The van der Waals surface area contributed by atoms with Crippen molar-refractivity contribution < 1.29 is 9.47 Å². The quantitative estimate of drug-likeness (QED) is 0.652. The molecule has 1 aromatic carbocycles. The molecule has 0 unspecified atom stereocenters. The fraction of sp³-hybridized carbons (Fsp3) is 0.364. The van der Waals surface area contributed by atoms with Gasteiger partial charge in [-0.05, 0) is 48.7 Å². The van der Waals surface area contributed by atoms with Crippen LogP contribution in [0.25, 0.3) is 11.0 Å². The summed E-state index contributed by atoms with van der Waals surface area (Å²) in [6, 6.07) is 9.97. The van der Waals surface area contributed by atoms with Gasteiger partial charge in [0.1, 0.15) is 17.3 Å². The summed E-state index contributed by atoms with van der Waals surface area (Å²) < 4.78 is 10.7. The molecule has 0 fully saturated rings. The van der Waals surface area contributed by atoms with Crippen LogP contribution < -0.4 is 14.8 Å². The van der Waals surface area contributed by atoms with Crippen LogP contribution in [0.3, 0.4) is 0 Å². The van der Waals surface area contributed by atoms with Crippen LogP contribution in [0.1, 0.15) is 37.5 Å². The standard InChI is InChI=1S/C20H23N3O2.C2H6/c1-5-14-9-18-17(21-11-14)8-13(2)20(23-18)22-12-15-6-7-16(24-3)10-19(15)25-4;1-2/h6-11H,5,12H2,1-4H3,(H,22,23);1-2H3. The molecule has 0 aliphatic rings. The largest absolute Gasteiger partial charge is 0.497 e. The number of nitrogens with zero attached hydrogens (tertiary/aromatic N) is 2. The lowest BCUT2D eigenvalue weighted by Gasteiger charge is -2.13. The highest BCUT2D eigenvalue weighted by atomic mass is 16.5. The van der Waals surface area contributed by atoms with Crippen molar-refractivity contribution in [2.24, 2.45) is 0 Å². The van der Waals surface area contributed by atoms with Gasteiger partial charge in [0.25, 0.3) is 0 Å². The van der Waals surface area contributed by atoms with Gasteiger partial charge in [-0.2, -0.15) is 0 Å². The second-order valence-electron chi connectivity index (χ2n) is 5.92. The normalized spacial score (nSPS) is 10.1. The van der Waals surface area contributed by atoms with Crippen molar-refractivity contribution in [1.29, 1.82) is 0 Å². The maximum atomic E-state index is 5.46. The van der Waals surface area contributed by atoms with Gasteiger partial charge in [-0.3, -0.25) is 4.98 Å². The number of nitrogens with one attached hydrogen (secondary N) is 1. The smallest absolute Gasteiger partial charge is 0.130 e. The predicted octanol–water partition coefficient (Wildman–Crippen LogP) is 5.16. The van der Waals surface area contributed by atoms with Crippen molar-refractivity contribution in [1.82, 2.24) is 9.97 Å². The lowest BCUT2D eigenvalue weighted by molar-refractivity contribution is 0.391. The van der Waals surface area contributed by atoms with Gasteiger partial charge in [0.05, 0.1) is 25.3 Å². The molecule has 1 N–H and O–H groups in total. The molecule has 5 nitrogen and oxygen atoms in total. The molecule has 0 atom stereocenters. The number of fused-ring (bicyclic) bond motifs is 1. The average Bonchev–Trinajstić information content (AvgIpc) is 2.73. The summed E-state index contributed by atoms with van der Waals surface area (Å²) in [6.45, 7) is 8.77. The molecule has 27 heavy (non-hydrogen) atoms. The van der Waals surface area contributed by atoms with Gasteiger partial charge in [-0.25, -0.2) is 4.98 Å². The van der Waals surface area contributed by atoms with Crippen molar-refractivity contribution in [2.45, 2.75) is 40.7 Å². The van der Waals surface area contributed by atoms with Crippen LogP contribution in [0, 0.1) is 6.92 Å². The Bertz CT molecular complexity index is 894. The van der Waals surface area contributed by atoms with Crippen LogP contribution in [0.5, 0.6) is 11.5 Å². The Morgan fingerprint density at radius 1 is 1.00 bits per heavy atom. The van der Waals surface area contributed by atoms with Crippen LogP contribution >= 0.6 is 0 Å². The number of anilines is 1. The molecule has 0 aliphatic carbocycles. The average molecular weight is 367 g/mol. The molecule has 0 bridgehead atoms. The molecule has 0 saturated carbocycles. The zero-order valence-corrected chi connectivity index (χ0v) is 17.1. The number of hydrogen-bond acceptors (Lipinski definition) is 5. The highest BCUT2D eigenvalue weighted by Crippen LogP contribution is 2.26. The van der Waals surface area contributed by atoms with Crippen LogP contribution in [-0.2, 0) is 13.0 Å². The first-order chi connectivity index (χ1) is 13.1. The zero-order valence-electron chi connectivity index (χ0n) is 17.1. The molecule has 0 amide bonds. The Kier molecular flexibility index (Phi) is 7.41. The van der Waals surface area contributed by atoms with Crippen molar-refractivity contribution >= 4 is 16.9 Å². The minimum absolute atomic E-state index is 0.618. The highest BCUT2D eigenvalue weighted by Gasteiger charge is 2.08. The zero-order chi connectivity index (χ0) is 19.8. The van der Waals surface area contributed by atoms with E-state index in [1.807, 2.05) is 45.2 Å². The van der Waals surface area contributed by atoms with E-state index in [4.69, 9.17) is 14.5 Å². The van der Waals surface area contributed by atoms with Crippen LogP contribution in [0.15, 0.2) is 36.5 Å². The first-order valence-electron chi connectivity index (χ1n) is 9.35. The number of methoxy groups -OCH3 is 2. The number of benzene rings is 1. The van der Waals surface area contributed by atoms with E-state index in [-0.39, 0.29) is 0 Å². The third-order valence-corrected chi connectivity index (χ3v) is 4.26. The molecule has 2 heterocycles. The summed E-state index contributed by atoms with van der Waals surface area (Å²) in [6.07, 6.45) is 2.86. The number of ether oxygens (including phenoxy) is 2. The number of aromatic nitrogens is 2. The van der Waals surface area contributed by atoms with Gasteiger partial charge in [-0.1, -0.05) is 20.8 Å². The molecule has 3 aromatic rings. The maximum absolute atomic E-state index is 5.46. The number of hydrogen-bond donors (Lipinski definition) is 1. The minimum Gasteiger partial charge on any atom is -0.497 e. The van der Waals surface area contributed by atoms with Gasteiger partial charge >= 0.3 is 0 Å². The third kappa shape index (κ3) is 4.88. The van der Waals surface area contributed by atoms with E-state index >= 15 is 0 Å². The molecule has 5 heteroatoms. The topological polar surface area (TPSA) is 56.3 Å². The van der Waals surface area contributed by atoms with Gasteiger partial charge < -0.3 is 14.8 Å². The maximum Gasteiger partial charge on any atom is 0.130 e. The van der Waals surface area contributed by atoms with Crippen LogP contribution in [-0.4, -0.2) is 24.2 Å². The Hall–Kier alpha value is -2.82. The van der Waals surface area contributed by atoms with E-state index in [9.17, 15) is 0 Å². The SMILES string of the molecule is CC.CCc1cnc2cc(C)c(NCc3ccc(OC)cc3OC)nc2c1. The van der Waals surface area contributed by atoms with E-state index < -0.39 is 0 Å². The molecular weight excluding hydrogens is 338 g/mol. The second kappa shape index (κ2) is 9.76. The lowest BCUT2D eigenvalue weighted by Crippen LogP contribution is -2.05. The van der Waals surface area contributed by atoms with Crippen LogP contribution in [0.4, 0.5) is 5.82 Å². The monoisotopic (exact) mass is 367 g/mol. The van der Waals surface area contributed by atoms with Crippen molar-refractivity contribution in [2.75, 3.05) is 19.5 Å². The van der Waals surface area contributed by atoms with Gasteiger partial charge in [0.15, 0.2) is 0 Å². The summed E-state index contributed by atoms with van der Waals surface area (Å²) in [5.41, 5.74) is 5.13. The van der Waals surface area contributed by atoms with E-state index in [0.717, 1.165) is 45.9 Å². The summed E-state index contributed by atoms with van der Waals surface area (Å²) in [5.74, 6) is 2.43. The molecule has 0 spiro atoms. The summed E-state index contributed by atoms with van der Waals surface area (Å²) in [4.78, 5) is 9.24. The second-order valence-corrected chi connectivity index (χ2v) is 5.92. The molecule has 0 aliphatic heterocycles. The third-order valence-electron chi connectivity index (χ3n) is 4.26. The summed E-state index contributed by atoms with van der Waals surface area (Å²) in [5, 5.41) is 3.41. The fourth-order valence-electron chi connectivity index (χ4n) is 2.74. The first-order valence-corrected chi connectivity index (χ1v) is 9.35. The Labute approximate surface area is 161 Å². The lowest BCUT2D eigenvalue weighted by atomic mass is 10.1. The predicted molar refractivity (Wildman–Crippen MR) is 112 cm³/mol. The molecular formula is C22H29N3O2. The van der Waals surface area contributed by atoms with Crippen molar-refractivity contribution in [3.63, 3.8) is 0 Å². The number of rotatable bonds is 6. The molecule has 0 radical (unpaired) electrons. The highest BCUT2D eigenvalue weighted by molar-refractivity contribution is 5.78. The summed E-state index contributed by atoms with van der Waals surface area (Å²) >= 11 is 0. The first kappa shape index (κ1) is 20.5. The van der Waals surface area contributed by atoms with Crippen molar-refractivity contribution in [3.05, 3.63) is 53.2 Å². The fourth-order valence-corrected chi connectivity index (χ4v) is 2.74. The van der Waals surface area contributed by atoms with Gasteiger partial charge in [0, 0.05) is 24.4 Å². The Morgan fingerprint density at radius 3 is 2.44 bits per heavy atom. The molecule has 0 saturated heterocycles. The van der Waals surface area contributed by atoms with E-state index in [2.05, 4.69) is 29.4 Å².